The molecule has 27 heavy (non-hydrogen) atoms. The molecule has 0 aliphatic rings. The molecule has 0 aliphatic heterocycles. The summed E-state index contributed by atoms with van der Waals surface area (Å²) in [6, 6.07) is 10.1. The van der Waals surface area contributed by atoms with Gasteiger partial charge in [-0.25, -0.2) is 0 Å². The van der Waals surface area contributed by atoms with E-state index >= 15 is 0 Å². The fourth-order valence-corrected chi connectivity index (χ4v) is 2.01. The van der Waals surface area contributed by atoms with E-state index in [1.807, 2.05) is 6.92 Å². The minimum absolute atomic E-state index is 0.0131. The molecule has 0 bridgehead atoms. The number of carbonyl (C=O) groups is 3. The second-order valence-corrected chi connectivity index (χ2v) is 5.25. The molecule has 3 amide bonds. The number of rotatable bonds is 9. The average molecular weight is 375 g/mol. The summed E-state index contributed by atoms with van der Waals surface area (Å²) in [6.45, 7) is 2.12. The average Bonchev–Trinajstić information content (AvgIpc) is 3.21. The second kappa shape index (κ2) is 10.5. The fourth-order valence-electron chi connectivity index (χ4n) is 2.01. The van der Waals surface area contributed by atoms with Gasteiger partial charge in [0, 0.05) is 13.0 Å². The van der Waals surface area contributed by atoms with E-state index in [9.17, 15) is 14.4 Å². The van der Waals surface area contributed by atoms with E-state index in [1.54, 1.807) is 30.3 Å². The number of amides is 3. The van der Waals surface area contributed by atoms with Crippen LogP contribution in [0, 0.1) is 0 Å². The molecule has 0 aliphatic carbocycles. The highest BCUT2D eigenvalue weighted by Gasteiger charge is 2.10. The number of nitrogens with one attached hydrogen (secondary N) is 3. The lowest BCUT2D eigenvalue weighted by molar-refractivity contribution is -0.130. The predicted octanol–water partition coefficient (Wildman–Crippen LogP) is 1.02. The lowest BCUT2D eigenvalue weighted by Crippen LogP contribution is -2.44. The SMILES string of the molecule is CCOc1ccccc1OCC(=O)NNC(=O)CCNC(=O)c1ccco1. The normalized spacial score (nSPS) is 9.96. The first-order valence-electron chi connectivity index (χ1n) is 8.34. The monoisotopic (exact) mass is 375 g/mol. The highest BCUT2D eigenvalue weighted by molar-refractivity contribution is 5.91. The molecule has 9 heteroatoms. The van der Waals surface area contributed by atoms with E-state index in [0.29, 0.717) is 18.1 Å². The Kier molecular flexibility index (Phi) is 7.70. The smallest absolute Gasteiger partial charge is 0.286 e. The molecule has 1 aromatic carbocycles. The third-order valence-corrected chi connectivity index (χ3v) is 3.23. The summed E-state index contributed by atoms with van der Waals surface area (Å²) < 4.78 is 15.7. The number of carbonyl (C=O) groups excluding carboxylic acids is 3. The van der Waals surface area contributed by atoms with Gasteiger partial charge in [0.05, 0.1) is 12.9 Å². The number of furan rings is 1. The summed E-state index contributed by atoms with van der Waals surface area (Å²) in [5.41, 5.74) is 4.48. The van der Waals surface area contributed by atoms with Crippen LogP contribution < -0.4 is 25.6 Å². The van der Waals surface area contributed by atoms with Crippen LogP contribution in [-0.2, 0) is 9.59 Å². The highest BCUT2D eigenvalue weighted by Crippen LogP contribution is 2.26. The molecule has 0 atom stereocenters. The molecule has 9 nitrogen and oxygen atoms in total. The Morgan fingerprint density at radius 3 is 2.33 bits per heavy atom. The minimum Gasteiger partial charge on any atom is -0.490 e. The van der Waals surface area contributed by atoms with Crippen molar-refractivity contribution in [1.82, 2.24) is 16.2 Å². The largest absolute Gasteiger partial charge is 0.490 e. The van der Waals surface area contributed by atoms with Crippen LogP contribution in [0.5, 0.6) is 11.5 Å². The summed E-state index contributed by atoms with van der Waals surface area (Å²) >= 11 is 0. The van der Waals surface area contributed by atoms with Gasteiger partial charge >= 0.3 is 0 Å². The highest BCUT2D eigenvalue weighted by atomic mass is 16.5. The number of ether oxygens (including phenoxy) is 2. The molecule has 144 valence electrons. The Morgan fingerprint density at radius 2 is 1.67 bits per heavy atom. The van der Waals surface area contributed by atoms with Crippen molar-refractivity contribution in [1.29, 1.82) is 0 Å². The Morgan fingerprint density at radius 1 is 0.963 bits per heavy atom. The van der Waals surface area contributed by atoms with E-state index in [0.717, 1.165) is 0 Å². The zero-order valence-corrected chi connectivity index (χ0v) is 14.8. The number of para-hydroxylation sites is 2. The van der Waals surface area contributed by atoms with E-state index in [4.69, 9.17) is 13.9 Å². The molecule has 1 heterocycles. The fraction of sp³-hybridized carbons (Fsp3) is 0.278. The van der Waals surface area contributed by atoms with Crippen LogP contribution in [0.4, 0.5) is 0 Å². The molecular formula is C18H21N3O6. The predicted molar refractivity (Wildman–Crippen MR) is 95.0 cm³/mol. The van der Waals surface area contributed by atoms with Crippen molar-refractivity contribution in [3.63, 3.8) is 0 Å². The van der Waals surface area contributed by atoms with Gasteiger partial charge in [-0.2, -0.15) is 0 Å². The summed E-state index contributed by atoms with van der Waals surface area (Å²) in [4.78, 5) is 35.0. The van der Waals surface area contributed by atoms with Crippen LogP contribution in [0.1, 0.15) is 23.9 Å². The van der Waals surface area contributed by atoms with Crippen molar-refractivity contribution in [2.75, 3.05) is 19.8 Å². The van der Waals surface area contributed by atoms with E-state index in [1.165, 1.54) is 12.3 Å². The summed E-state index contributed by atoms with van der Waals surface area (Å²) in [7, 11) is 0. The van der Waals surface area contributed by atoms with Crippen LogP contribution in [0.15, 0.2) is 47.1 Å². The maximum atomic E-state index is 11.8. The minimum atomic E-state index is -0.533. The zero-order chi connectivity index (χ0) is 19.5. The number of hydrogen-bond acceptors (Lipinski definition) is 6. The lowest BCUT2D eigenvalue weighted by Gasteiger charge is -2.12. The molecule has 0 radical (unpaired) electrons. The third kappa shape index (κ3) is 6.73. The van der Waals surface area contributed by atoms with Crippen LogP contribution in [-0.4, -0.2) is 37.5 Å². The molecule has 0 unspecified atom stereocenters. The van der Waals surface area contributed by atoms with Crippen molar-refractivity contribution in [2.45, 2.75) is 13.3 Å². The second-order valence-electron chi connectivity index (χ2n) is 5.25. The van der Waals surface area contributed by atoms with Crippen LogP contribution in [0.25, 0.3) is 0 Å². The van der Waals surface area contributed by atoms with Gasteiger partial charge in [0.25, 0.3) is 11.8 Å². The number of benzene rings is 1. The van der Waals surface area contributed by atoms with E-state index in [-0.39, 0.29) is 25.3 Å². The van der Waals surface area contributed by atoms with Gasteiger partial charge in [0.1, 0.15) is 0 Å². The Balaban J connectivity index is 1.63. The van der Waals surface area contributed by atoms with Gasteiger partial charge in [0.2, 0.25) is 5.91 Å². The van der Waals surface area contributed by atoms with Crippen LogP contribution >= 0.6 is 0 Å². The van der Waals surface area contributed by atoms with E-state index < -0.39 is 17.7 Å². The molecule has 1 aromatic heterocycles. The maximum Gasteiger partial charge on any atom is 0.286 e. The third-order valence-electron chi connectivity index (χ3n) is 3.23. The maximum absolute atomic E-state index is 11.8. The molecule has 3 N–H and O–H groups in total. The first-order valence-corrected chi connectivity index (χ1v) is 8.34. The summed E-state index contributed by atoms with van der Waals surface area (Å²) in [5.74, 6) is -0.288. The van der Waals surface area contributed by atoms with Gasteiger partial charge in [-0.05, 0) is 31.2 Å². The molecule has 2 rings (SSSR count). The van der Waals surface area contributed by atoms with Crippen molar-refractivity contribution in [3.8, 4) is 11.5 Å². The number of hydrogen-bond donors (Lipinski definition) is 3. The molecule has 2 aromatic rings. The van der Waals surface area contributed by atoms with Crippen molar-refractivity contribution >= 4 is 17.7 Å². The first-order chi connectivity index (χ1) is 13.1. The van der Waals surface area contributed by atoms with E-state index in [2.05, 4.69) is 16.2 Å². The molecule has 0 saturated carbocycles. The van der Waals surface area contributed by atoms with Gasteiger partial charge in [-0.1, -0.05) is 12.1 Å². The zero-order valence-electron chi connectivity index (χ0n) is 14.8. The molecule has 0 spiro atoms. The Labute approximate surface area is 156 Å². The van der Waals surface area contributed by atoms with Crippen molar-refractivity contribution < 1.29 is 28.3 Å². The standard InChI is InChI=1S/C18H21N3O6/c1-2-25-13-6-3-4-7-14(13)27-12-17(23)21-20-16(22)9-10-19-18(24)15-8-5-11-26-15/h3-8,11H,2,9-10,12H2,1H3,(H,19,24)(H,20,22)(H,21,23). The summed E-state index contributed by atoms with van der Waals surface area (Å²) in [5, 5.41) is 2.52. The topological polar surface area (TPSA) is 119 Å². The Bertz CT molecular complexity index is 760. The molecule has 0 saturated heterocycles. The lowest BCUT2D eigenvalue weighted by atomic mass is 10.3. The van der Waals surface area contributed by atoms with Gasteiger partial charge < -0.3 is 19.2 Å². The van der Waals surface area contributed by atoms with Crippen molar-refractivity contribution in [3.05, 3.63) is 48.4 Å². The number of hydrazine groups is 1. The Hall–Kier alpha value is -3.49. The molecular weight excluding hydrogens is 354 g/mol. The van der Waals surface area contributed by atoms with Crippen molar-refractivity contribution in [2.24, 2.45) is 0 Å². The van der Waals surface area contributed by atoms with Crippen LogP contribution in [0.2, 0.25) is 0 Å². The first kappa shape index (κ1) is 19.8. The van der Waals surface area contributed by atoms with Gasteiger partial charge in [0.15, 0.2) is 23.9 Å². The molecule has 0 fully saturated rings. The van der Waals surface area contributed by atoms with Gasteiger partial charge in [-0.15, -0.1) is 0 Å². The van der Waals surface area contributed by atoms with Crippen LogP contribution in [0.3, 0.4) is 0 Å². The summed E-state index contributed by atoms with van der Waals surface area (Å²) in [6.07, 6.45) is 1.37. The van der Waals surface area contributed by atoms with Gasteiger partial charge in [-0.3, -0.25) is 25.2 Å². The quantitative estimate of drug-likeness (QED) is 0.563.